The number of hydrogen-bond donors (Lipinski definition) is 1. The molecule has 0 spiro atoms. The van der Waals surface area contributed by atoms with Gasteiger partial charge in [-0.2, -0.15) is 0 Å². The fraction of sp³-hybridized carbons (Fsp3) is 0.562. The first kappa shape index (κ1) is 15.9. The van der Waals surface area contributed by atoms with E-state index in [9.17, 15) is 4.79 Å². The van der Waals surface area contributed by atoms with E-state index in [0.717, 1.165) is 37.1 Å². The summed E-state index contributed by atoms with van der Waals surface area (Å²) in [6.07, 6.45) is 0.753. The topological polar surface area (TPSA) is 29.1 Å². The van der Waals surface area contributed by atoms with Crippen molar-refractivity contribution in [2.24, 2.45) is 0 Å². The first-order valence-corrected chi connectivity index (χ1v) is 7.19. The van der Waals surface area contributed by atoms with Crippen molar-refractivity contribution in [2.75, 3.05) is 33.2 Å². The standard InChI is InChI=1S/C12H16NO.C4H11N/c1-13(8-7-12(14)10-13)9-11-5-3-2-4-6-11;1-3-5-4-2/h2-6H,7-10H2,1H3;5H,3-4H2,1-2H3/q+1;. The predicted octanol–water partition coefficient (Wildman–Crippen LogP) is 2.22. The number of nitrogens with one attached hydrogen (secondary N) is 1. The molecular formula is C16H27N2O+. The third-order valence-electron chi connectivity index (χ3n) is 3.40. The predicted molar refractivity (Wildman–Crippen MR) is 79.9 cm³/mol. The van der Waals surface area contributed by atoms with Crippen LogP contribution < -0.4 is 5.32 Å². The molecule has 2 rings (SSSR count). The van der Waals surface area contributed by atoms with Gasteiger partial charge in [-0.25, -0.2) is 0 Å². The summed E-state index contributed by atoms with van der Waals surface area (Å²) in [6.45, 7) is 9.06. The van der Waals surface area contributed by atoms with Gasteiger partial charge >= 0.3 is 0 Å². The lowest BCUT2D eigenvalue weighted by molar-refractivity contribution is -0.907. The van der Waals surface area contributed by atoms with Crippen molar-refractivity contribution in [1.82, 2.24) is 5.32 Å². The summed E-state index contributed by atoms with van der Waals surface area (Å²) in [6, 6.07) is 10.4. The van der Waals surface area contributed by atoms with E-state index in [1.54, 1.807) is 0 Å². The van der Waals surface area contributed by atoms with Gasteiger partial charge in [-0.3, -0.25) is 4.79 Å². The van der Waals surface area contributed by atoms with Gasteiger partial charge in [0.1, 0.15) is 13.1 Å². The number of quaternary nitrogens is 1. The Bertz CT molecular complexity index is 376. The summed E-state index contributed by atoms with van der Waals surface area (Å²) in [5, 5.41) is 3.11. The van der Waals surface area contributed by atoms with Gasteiger partial charge in [0.15, 0.2) is 5.78 Å². The van der Waals surface area contributed by atoms with Crippen LogP contribution in [0, 0.1) is 0 Å². The summed E-state index contributed by atoms with van der Waals surface area (Å²) in [4.78, 5) is 11.2. The first-order chi connectivity index (χ1) is 9.09. The van der Waals surface area contributed by atoms with Crippen LogP contribution in [0.5, 0.6) is 0 Å². The smallest absolute Gasteiger partial charge is 0.192 e. The van der Waals surface area contributed by atoms with Crippen molar-refractivity contribution >= 4 is 5.78 Å². The number of carbonyl (C=O) groups excluding carboxylic acids is 1. The normalized spacial score (nSPS) is 21.9. The van der Waals surface area contributed by atoms with E-state index in [4.69, 9.17) is 0 Å². The molecule has 0 radical (unpaired) electrons. The molecule has 1 saturated heterocycles. The molecule has 1 aliphatic rings. The van der Waals surface area contributed by atoms with Crippen molar-refractivity contribution in [1.29, 1.82) is 0 Å². The molecular weight excluding hydrogens is 236 g/mol. The van der Waals surface area contributed by atoms with E-state index in [0.29, 0.717) is 12.3 Å². The number of likely N-dealkylation sites (N-methyl/N-ethyl adjacent to an activating group) is 1. The van der Waals surface area contributed by atoms with Gasteiger partial charge in [0.05, 0.1) is 20.0 Å². The van der Waals surface area contributed by atoms with E-state index < -0.39 is 0 Å². The van der Waals surface area contributed by atoms with E-state index in [1.165, 1.54) is 5.56 Å². The molecule has 106 valence electrons. The van der Waals surface area contributed by atoms with Gasteiger partial charge in [0.25, 0.3) is 0 Å². The van der Waals surface area contributed by atoms with Gasteiger partial charge < -0.3 is 9.80 Å². The number of Topliss-reactive ketones (excluding diaryl/α,β-unsaturated/α-hetero) is 1. The van der Waals surface area contributed by atoms with Crippen molar-refractivity contribution in [3.63, 3.8) is 0 Å². The fourth-order valence-corrected chi connectivity index (χ4v) is 2.39. The third-order valence-corrected chi connectivity index (χ3v) is 3.40. The van der Waals surface area contributed by atoms with Crippen molar-refractivity contribution in [3.05, 3.63) is 35.9 Å². The maximum absolute atomic E-state index is 11.2. The monoisotopic (exact) mass is 263 g/mol. The lowest BCUT2D eigenvalue weighted by Crippen LogP contribution is -2.40. The third kappa shape index (κ3) is 5.99. The van der Waals surface area contributed by atoms with Crippen LogP contribution in [0.1, 0.15) is 25.8 Å². The molecule has 1 aromatic carbocycles. The zero-order valence-corrected chi connectivity index (χ0v) is 12.5. The molecule has 1 heterocycles. The Balaban J connectivity index is 0.000000312. The number of nitrogens with zero attached hydrogens (tertiary/aromatic N) is 1. The zero-order chi connectivity index (χ0) is 14.1. The highest BCUT2D eigenvalue weighted by Crippen LogP contribution is 2.18. The minimum Gasteiger partial charge on any atom is -0.317 e. The van der Waals surface area contributed by atoms with Crippen LogP contribution in [-0.2, 0) is 11.3 Å². The number of likely N-dealkylation sites (tertiary alicyclic amines) is 1. The Morgan fingerprint density at radius 3 is 2.21 bits per heavy atom. The molecule has 0 amide bonds. The largest absolute Gasteiger partial charge is 0.317 e. The molecule has 1 fully saturated rings. The Morgan fingerprint density at radius 1 is 1.16 bits per heavy atom. The number of benzene rings is 1. The molecule has 1 aliphatic heterocycles. The summed E-state index contributed by atoms with van der Waals surface area (Å²) in [5.74, 6) is 0.406. The molecule has 1 aromatic rings. The Hall–Kier alpha value is -1.19. The molecule has 1 unspecified atom stereocenters. The summed E-state index contributed by atoms with van der Waals surface area (Å²) in [5.41, 5.74) is 1.32. The van der Waals surface area contributed by atoms with E-state index in [1.807, 2.05) is 6.07 Å². The lowest BCUT2D eigenvalue weighted by atomic mass is 10.2. The minimum absolute atomic E-state index is 0.406. The molecule has 3 nitrogen and oxygen atoms in total. The zero-order valence-electron chi connectivity index (χ0n) is 12.5. The lowest BCUT2D eigenvalue weighted by Gasteiger charge is -2.28. The molecule has 19 heavy (non-hydrogen) atoms. The summed E-state index contributed by atoms with van der Waals surface area (Å²) < 4.78 is 0.878. The van der Waals surface area contributed by atoms with Gasteiger partial charge in [-0.05, 0) is 13.1 Å². The molecule has 3 heteroatoms. The second-order valence-corrected chi connectivity index (χ2v) is 5.39. The Kier molecular flexibility index (Phi) is 6.74. The van der Waals surface area contributed by atoms with Gasteiger partial charge in [0.2, 0.25) is 0 Å². The van der Waals surface area contributed by atoms with Crippen molar-refractivity contribution in [2.45, 2.75) is 26.8 Å². The van der Waals surface area contributed by atoms with E-state index in [2.05, 4.69) is 50.5 Å². The average Bonchev–Trinajstić information content (AvgIpc) is 2.72. The van der Waals surface area contributed by atoms with Crippen molar-refractivity contribution < 1.29 is 9.28 Å². The first-order valence-electron chi connectivity index (χ1n) is 7.19. The summed E-state index contributed by atoms with van der Waals surface area (Å²) >= 11 is 0. The molecule has 0 aliphatic carbocycles. The van der Waals surface area contributed by atoms with Crippen LogP contribution in [0.15, 0.2) is 30.3 Å². The molecule has 1 N–H and O–H groups in total. The average molecular weight is 263 g/mol. The number of hydrogen-bond acceptors (Lipinski definition) is 2. The second kappa shape index (κ2) is 8.08. The van der Waals surface area contributed by atoms with E-state index in [-0.39, 0.29) is 0 Å². The highest BCUT2D eigenvalue weighted by Gasteiger charge is 2.32. The Morgan fingerprint density at radius 2 is 1.79 bits per heavy atom. The SMILES string of the molecule is CCNCC.C[N+]1(Cc2ccccc2)CCC(=O)C1. The van der Waals surface area contributed by atoms with Gasteiger partial charge in [-0.15, -0.1) is 0 Å². The highest BCUT2D eigenvalue weighted by molar-refractivity contribution is 5.80. The van der Waals surface area contributed by atoms with Crippen LogP contribution >= 0.6 is 0 Å². The van der Waals surface area contributed by atoms with Crippen LogP contribution in [0.25, 0.3) is 0 Å². The second-order valence-electron chi connectivity index (χ2n) is 5.39. The molecule has 0 aromatic heterocycles. The maximum atomic E-state index is 11.2. The van der Waals surface area contributed by atoms with Gasteiger partial charge in [-0.1, -0.05) is 44.2 Å². The molecule has 0 bridgehead atoms. The van der Waals surface area contributed by atoms with Crippen molar-refractivity contribution in [3.8, 4) is 0 Å². The maximum Gasteiger partial charge on any atom is 0.192 e. The number of carbonyl (C=O) groups is 1. The van der Waals surface area contributed by atoms with Crippen LogP contribution in [-0.4, -0.2) is 43.5 Å². The quantitative estimate of drug-likeness (QED) is 0.844. The molecule has 0 saturated carbocycles. The van der Waals surface area contributed by atoms with Crippen LogP contribution in [0.4, 0.5) is 0 Å². The number of ketones is 1. The number of rotatable bonds is 4. The van der Waals surface area contributed by atoms with Gasteiger partial charge in [0, 0.05) is 5.56 Å². The van der Waals surface area contributed by atoms with E-state index >= 15 is 0 Å². The fourth-order valence-electron chi connectivity index (χ4n) is 2.39. The van der Waals surface area contributed by atoms with Crippen LogP contribution in [0.3, 0.4) is 0 Å². The Labute approximate surface area is 117 Å². The molecule has 1 atom stereocenters. The van der Waals surface area contributed by atoms with Crippen LogP contribution in [0.2, 0.25) is 0 Å². The summed E-state index contributed by atoms with van der Waals surface area (Å²) in [7, 11) is 2.16. The highest BCUT2D eigenvalue weighted by atomic mass is 16.1. The minimum atomic E-state index is 0.406.